The van der Waals surface area contributed by atoms with Crippen LogP contribution in [0.5, 0.6) is 0 Å². The number of nitrogens with zero attached hydrogens (tertiary/aromatic N) is 1. The number of sulfone groups is 1. The number of benzene rings is 2. The van der Waals surface area contributed by atoms with Crippen LogP contribution >= 0.6 is 11.8 Å². The molecule has 4 rings (SSSR count). The van der Waals surface area contributed by atoms with Gasteiger partial charge < -0.3 is 15.2 Å². The fourth-order valence-corrected chi connectivity index (χ4v) is 9.19. The van der Waals surface area contributed by atoms with Crippen molar-refractivity contribution >= 4 is 33.5 Å². The molecular weight excluding hydrogens is 585 g/mol. The zero-order valence-corrected chi connectivity index (χ0v) is 27.2. The van der Waals surface area contributed by atoms with Gasteiger partial charge in [-0.25, -0.2) is 13.2 Å². The molecule has 3 atom stereocenters. The first kappa shape index (κ1) is 33.5. The molecule has 2 N–H and O–H groups in total. The van der Waals surface area contributed by atoms with E-state index in [-0.39, 0.29) is 17.7 Å². The second kappa shape index (κ2) is 15.5. The summed E-state index contributed by atoms with van der Waals surface area (Å²) in [5.74, 6) is -0.309. The predicted octanol–water partition coefficient (Wildman–Crippen LogP) is 5.18. The van der Waals surface area contributed by atoms with Gasteiger partial charge in [-0.1, -0.05) is 49.6 Å². The third-order valence-electron chi connectivity index (χ3n) is 8.91. The molecule has 236 valence electrons. The first-order valence-corrected chi connectivity index (χ1v) is 18.4. The van der Waals surface area contributed by atoms with Gasteiger partial charge in [-0.05, 0) is 84.9 Å². The number of hydrogen-bond donors (Lipinski definition) is 2. The molecule has 1 saturated carbocycles. The van der Waals surface area contributed by atoms with E-state index in [1.807, 2.05) is 49.6 Å². The summed E-state index contributed by atoms with van der Waals surface area (Å²) in [6.45, 7) is 3.42. The number of rotatable bonds is 14. The fraction of sp³-hybridized carbons (Fsp3) is 0.576. The Morgan fingerprint density at radius 3 is 2.53 bits per heavy atom. The number of methoxy groups -OCH3 is 1. The first-order chi connectivity index (χ1) is 20.6. The van der Waals surface area contributed by atoms with Gasteiger partial charge in [-0.2, -0.15) is 11.8 Å². The van der Waals surface area contributed by atoms with E-state index in [0.717, 1.165) is 47.9 Å². The number of ether oxygens (including phenoxy) is 1. The lowest BCUT2D eigenvalue weighted by Crippen LogP contribution is -2.41. The summed E-state index contributed by atoms with van der Waals surface area (Å²) in [5, 5.41) is 12.0. The number of aryl methyl sites for hydroxylation is 1. The molecule has 2 aromatic carbocycles. The molecule has 1 heterocycles. The summed E-state index contributed by atoms with van der Waals surface area (Å²) in [6, 6.07) is 12.5. The van der Waals surface area contributed by atoms with Crippen molar-refractivity contribution in [3.05, 3.63) is 59.2 Å². The highest BCUT2D eigenvalue weighted by atomic mass is 32.2. The van der Waals surface area contributed by atoms with Crippen molar-refractivity contribution in [2.45, 2.75) is 75.7 Å². The molecule has 43 heavy (non-hydrogen) atoms. The highest BCUT2D eigenvalue weighted by molar-refractivity contribution is 7.98. The summed E-state index contributed by atoms with van der Waals surface area (Å²) >= 11 is 1.54. The molecule has 2 fully saturated rings. The van der Waals surface area contributed by atoms with Crippen LogP contribution in [0, 0.1) is 12.8 Å². The van der Waals surface area contributed by atoms with E-state index < -0.39 is 33.0 Å². The van der Waals surface area contributed by atoms with Crippen molar-refractivity contribution in [1.82, 2.24) is 10.2 Å². The summed E-state index contributed by atoms with van der Waals surface area (Å²) in [6.07, 6.45) is 8.24. The lowest BCUT2D eigenvalue weighted by molar-refractivity contribution is -0.139. The number of carboxylic acids is 1. The standard InChI is InChI=1S/C33H46N2O6S2/c1-23-9-7-8-12-28(23)30-17-25(13-14-29(30)32(36)34-31(33(37)38)15-16-42-3)19-35-20-27(18-26(35)21-41-2)43(39,40)22-24-10-5-4-6-11-24/h7-9,12-14,17,24,26-27,31H,4-6,10-11,15-16,18-22H2,1-3H3,(H,34,36)(H,37,38)/t26-,27+,31-/m0/s1. The normalized spacial score (nSPS) is 20.6. The van der Waals surface area contributed by atoms with Crippen LogP contribution in [0.2, 0.25) is 0 Å². The molecule has 2 aromatic rings. The van der Waals surface area contributed by atoms with E-state index in [9.17, 15) is 23.1 Å². The molecule has 1 amide bonds. The van der Waals surface area contributed by atoms with Gasteiger partial charge in [-0.15, -0.1) is 0 Å². The average Bonchev–Trinajstić information content (AvgIpc) is 3.39. The molecule has 10 heteroatoms. The quantitative estimate of drug-likeness (QED) is 0.294. The van der Waals surface area contributed by atoms with Crippen LogP contribution in [0.15, 0.2) is 42.5 Å². The molecule has 0 spiro atoms. The number of hydrogen-bond acceptors (Lipinski definition) is 7. The van der Waals surface area contributed by atoms with Gasteiger partial charge in [0.25, 0.3) is 5.91 Å². The van der Waals surface area contributed by atoms with Gasteiger partial charge in [0.1, 0.15) is 6.04 Å². The van der Waals surface area contributed by atoms with Crippen LogP contribution in [0.1, 0.15) is 66.4 Å². The van der Waals surface area contributed by atoms with Crippen molar-refractivity contribution in [3.63, 3.8) is 0 Å². The molecule has 2 aliphatic rings. The van der Waals surface area contributed by atoms with Crippen molar-refractivity contribution in [2.75, 3.05) is 38.0 Å². The summed E-state index contributed by atoms with van der Waals surface area (Å²) < 4.78 is 32.5. The predicted molar refractivity (Wildman–Crippen MR) is 173 cm³/mol. The molecular formula is C33H46N2O6S2. The molecule has 1 aliphatic carbocycles. The lowest BCUT2D eigenvalue weighted by atomic mass is 9.91. The molecule has 8 nitrogen and oxygen atoms in total. The number of likely N-dealkylation sites (tertiary alicyclic amines) is 1. The van der Waals surface area contributed by atoms with Crippen LogP contribution in [0.4, 0.5) is 0 Å². The van der Waals surface area contributed by atoms with Gasteiger partial charge in [0.2, 0.25) is 0 Å². The highest BCUT2D eigenvalue weighted by Gasteiger charge is 2.40. The Morgan fingerprint density at radius 2 is 1.86 bits per heavy atom. The van der Waals surface area contributed by atoms with Crippen molar-refractivity contribution < 1.29 is 27.9 Å². The van der Waals surface area contributed by atoms with Gasteiger partial charge in [-0.3, -0.25) is 9.69 Å². The maximum absolute atomic E-state index is 13.5. The third kappa shape index (κ3) is 8.84. The molecule has 0 bridgehead atoms. The second-order valence-electron chi connectivity index (χ2n) is 12.1. The third-order valence-corrected chi connectivity index (χ3v) is 11.8. The summed E-state index contributed by atoms with van der Waals surface area (Å²) in [5.41, 5.74) is 3.99. The van der Waals surface area contributed by atoms with E-state index in [2.05, 4.69) is 10.2 Å². The smallest absolute Gasteiger partial charge is 0.326 e. The minimum atomic E-state index is -3.24. The topological polar surface area (TPSA) is 113 Å². The van der Waals surface area contributed by atoms with E-state index in [4.69, 9.17) is 4.74 Å². The SMILES string of the molecule is COC[C@@H]1C[C@@H](S(=O)(=O)CC2CCCCC2)CN1Cc1ccc(C(=O)N[C@@H](CCSC)C(=O)O)c(-c2ccccc2C)c1. The highest BCUT2D eigenvalue weighted by Crippen LogP contribution is 2.33. The minimum Gasteiger partial charge on any atom is -0.480 e. The molecule has 0 radical (unpaired) electrons. The zero-order valence-electron chi connectivity index (χ0n) is 25.6. The van der Waals surface area contributed by atoms with Crippen LogP contribution in [0.25, 0.3) is 11.1 Å². The number of carboxylic acid groups (broad SMARTS) is 1. The number of nitrogens with one attached hydrogen (secondary N) is 1. The largest absolute Gasteiger partial charge is 0.480 e. The monoisotopic (exact) mass is 630 g/mol. The number of amides is 1. The van der Waals surface area contributed by atoms with E-state index in [1.54, 1.807) is 13.2 Å². The number of aliphatic carboxylic acids is 1. The Labute approximate surface area is 260 Å². The van der Waals surface area contributed by atoms with Crippen LogP contribution in [-0.4, -0.2) is 85.7 Å². The van der Waals surface area contributed by atoms with Gasteiger partial charge in [0, 0.05) is 31.8 Å². The van der Waals surface area contributed by atoms with Crippen molar-refractivity contribution in [3.8, 4) is 11.1 Å². The van der Waals surface area contributed by atoms with Crippen LogP contribution < -0.4 is 5.32 Å². The number of carbonyl (C=O) groups is 2. The maximum Gasteiger partial charge on any atom is 0.326 e. The Bertz CT molecular complexity index is 1360. The van der Waals surface area contributed by atoms with Crippen LogP contribution in [-0.2, 0) is 25.9 Å². The zero-order chi connectivity index (χ0) is 31.0. The Morgan fingerprint density at radius 1 is 1.12 bits per heavy atom. The van der Waals surface area contributed by atoms with E-state index in [0.29, 0.717) is 43.9 Å². The van der Waals surface area contributed by atoms with Crippen molar-refractivity contribution in [1.29, 1.82) is 0 Å². The lowest BCUT2D eigenvalue weighted by Gasteiger charge is -2.25. The van der Waals surface area contributed by atoms with E-state index >= 15 is 0 Å². The first-order valence-electron chi connectivity index (χ1n) is 15.3. The summed E-state index contributed by atoms with van der Waals surface area (Å²) in [4.78, 5) is 27.5. The number of carbonyl (C=O) groups excluding carboxylic acids is 1. The van der Waals surface area contributed by atoms with E-state index in [1.165, 1.54) is 18.2 Å². The number of thioether (sulfide) groups is 1. The van der Waals surface area contributed by atoms with Gasteiger partial charge in [0.05, 0.1) is 17.6 Å². The maximum atomic E-state index is 13.5. The Hall–Kier alpha value is -2.40. The molecule has 1 aliphatic heterocycles. The Balaban J connectivity index is 1.59. The fourth-order valence-electron chi connectivity index (χ4n) is 6.53. The average molecular weight is 631 g/mol. The van der Waals surface area contributed by atoms with Gasteiger partial charge >= 0.3 is 5.97 Å². The Kier molecular flexibility index (Phi) is 12.1. The van der Waals surface area contributed by atoms with Gasteiger partial charge in [0.15, 0.2) is 9.84 Å². The van der Waals surface area contributed by atoms with Crippen molar-refractivity contribution in [2.24, 2.45) is 5.92 Å². The molecule has 0 aromatic heterocycles. The molecule has 1 saturated heterocycles. The summed E-state index contributed by atoms with van der Waals surface area (Å²) in [7, 11) is -1.59. The minimum absolute atomic E-state index is 0.0197. The molecule has 0 unspecified atom stereocenters. The second-order valence-corrected chi connectivity index (χ2v) is 15.4. The van der Waals surface area contributed by atoms with Crippen LogP contribution in [0.3, 0.4) is 0 Å².